The molecule has 4 nitrogen and oxygen atoms in total. The van der Waals surface area contributed by atoms with Gasteiger partial charge < -0.3 is 4.74 Å². The van der Waals surface area contributed by atoms with Crippen LogP contribution in [-0.2, 0) is 5.41 Å². The van der Waals surface area contributed by atoms with Crippen LogP contribution in [0, 0.1) is 11.3 Å². The summed E-state index contributed by atoms with van der Waals surface area (Å²) in [6.45, 7) is 0. The highest BCUT2D eigenvalue weighted by atomic mass is 16.5. The molecular formula is C52H31N3O. The van der Waals surface area contributed by atoms with Crippen LogP contribution in [0.4, 0.5) is 0 Å². The number of rotatable bonds is 4. The molecule has 4 heteroatoms. The molecule has 2 heterocycles. The van der Waals surface area contributed by atoms with E-state index in [0.29, 0.717) is 11.4 Å². The molecule has 1 spiro atoms. The second-order valence-corrected chi connectivity index (χ2v) is 14.3. The van der Waals surface area contributed by atoms with Crippen molar-refractivity contribution in [2.45, 2.75) is 5.41 Å². The summed E-state index contributed by atoms with van der Waals surface area (Å²) < 4.78 is 6.66. The number of hydrogen-bond donors (Lipinski definition) is 0. The normalized spacial score (nSPS) is 12.9. The van der Waals surface area contributed by atoms with Gasteiger partial charge in [0.15, 0.2) is 5.82 Å². The minimum Gasteiger partial charge on any atom is -0.457 e. The van der Waals surface area contributed by atoms with Crippen LogP contribution < -0.4 is 4.74 Å². The number of nitrogens with zero attached hydrogens (tertiary/aromatic N) is 3. The topological polar surface area (TPSA) is 58.8 Å². The van der Waals surface area contributed by atoms with Gasteiger partial charge in [-0.3, -0.25) is 0 Å². The third-order valence-corrected chi connectivity index (χ3v) is 11.4. The predicted molar refractivity (Wildman–Crippen MR) is 223 cm³/mol. The van der Waals surface area contributed by atoms with Crippen LogP contribution in [0.25, 0.3) is 66.9 Å². The lowest BCUT2D eigenvalue weighted by molar-refractivity contribution is 0.436. The molecule has 1 aliphatic heterocycles. The van der Waals surface area contributed by atoms with Crippen LogP contribution in [0.2, 0.25) is 0 Å². The standard InChI is InChI=1S/C52H31N3O/c53-32-37-18-6-7-19-38(37)39-20-12-24-43-49(39)50-40(21-13-25-44(50)52(43)41-22-8-10-26-47(41)56-48-27-11-9-23-42(48)52)46-31-45(54-51(55-46)34-15-2-1-3-16-34)36-29-28-33-14-4-5-17-35(33)30-36/h1-31H. The molecule has 260 valence electrons. The summed E-state index contributed by atoms with van der Waals surface area (Å²) in [4.78, 5) is 10.6. The van der Waals surface area contributed by atoms with Crippen LogP contribution in [0.3, 0.4) is 0 Å². The summed E-state index contributed by atoms with van der Waals surface area (Å²) in [6, 6.07) is 67.6. The SMILES string of the molecule is N#Cc1ccccc1-c1cccc2c1-c1c(-c3cc(-c4ccc5ccccc5c4)nc(-c4ccccc4)n3)cccc1C21c2ccccc2Oc2ccccc21. The lowest BCUT2D eigenvalue weighted by atomic mass is 9.66. The molecule has 1 aromatic heterocycles. The summed E-state index contributed by atoms with van der Waals surface area (Å²) in [5.74, 6) is 2.30. The zero-order chi connectivity index (χ0) is 37.2. The average Bonchev–Trinajstić information content (AvgIpc) is 3.57. The fourth-order valence-electron chi connectivity index (χ4n) is 9.04. The van der Waals surface area contributed by atoms with Crippen molar-refractivity contribution in [2.75, 3.05) is 0 Å². The van der Waals surface area contributed by atoms with Gasteiger partial charge in [-0.2, -0.15) is 5.26 Å². The first-order chi connectivity index (χ1) is 27.7. The quantitative estimate of drug-likeness (QED) is 0.182. The first-order valence-electron chi connectivity index (χ1n) is 18.8. The molecule has 0 radical (unpaired) electrons. The molecule has 0 bridgehead atoms. The number of hydrogen-bond acceptors (Lipinski definition) is 4. The average molecular weight is 714 g/mol. The maximum Gasteiger partial charge on any atom is 0.160 e. The second kappa shape index (κ2) is 12.5. The van der Waals surface area contributed by atoms with Crippen molar-refractivity contribution in [1.29, 1.82) is 5.26 Å². The van der Waals surface area contributed by atoms with E-state index in [1.165, 1.54) is 5.39 Å². The molecule has 56 heavy (non-hydrogen) atoms. The van der Waals surface area contributed by atoms with Crippen molar-refractivity contribution >= 4 is 10.8 Å². The molecule has 0 saturated heterocycles. The van der Waals surface area contributed by atoms with Gasteiger partial charge in [-0.05, 0) is 68.9 Å². The third kappa shape index (κ3) is 4.65. The second-order valence-electron chi connectivity index (χ2n) is 14.3. The summed E-state index contributed by atoms with van der Waals surface area (Å²) in [7, 11) is 0. The molecular weight excluding hydrogens is 683 g/mol. The van der Waals surface area contributed by atoms with Gasteiger partial charge in [0.05, 0.1) is 28.4 Å². The Morgan fingerprint density at radius 3 is 1.75 bits per heavy atom. The summed E-state index contributed by atoms with van der Waals surface area (Å²) in [5, 5.41) is 12.8. The Hall–Kier alpha value is -7.61. The Morgan fingerprint density at radius 1 is 0.429 bits per heavy atom. The van der Waals surface area contributed by atoms with Gasteiger partial charge in [0.1, 0.15) is 11.5 Å². The lowest BCUT2D eigenvalue weighted by Gasteiger charge is -2.39. The number of ether oxygens (including phenoxy) is 1. The molecule has 0 saturated carbocycles. The largest absolute Gasteiger partial charge is 0.457 e. The molecule has 0 amide bonds. The monoisotopic (exact) mass is 713 g/mol. The minimum atomic E-state index is -0.708. The van der Waals surface area contributed by atoms with Gasteiger partial charge in [-0.1, -0.05) is 158 Å². The zero-order valence-corrected chi connectivity index (χ0v) is 30.1. The lowest BCUT2D eigenvalue weighted by Crippen LogP contribution is -2.32. The molecule has 0 fully saturated rings. The van der Waals surface area contributed by atoms with E-state index >= 15 is 0 Å². The Kier molecular flexibility index (Phi) is 7.10. The van der Waals surface area contributed by atoms with Gasteiger partial charge in [0, 0.05) is 33.4 Å². The smallest absolute Gasteiger partial charge is 0.160 e. The number of nitriles is 1. The Labute approximate surface area is 324 Å². The molecule has 0 unspecified atom stereocenters. The first kappa shape index (κ1) is 31.9. The van der Waals surface area contributed by atoms with Crippen LogP contribution in [0.1, 0.15) is 27.8 Å². The van der Waals surface area contributed by atoms with E-state index < -0.39 is 5.41 Å². The number of aromatic nitrogens is 2. The van der Waals surface area contributed by atoms with E-state index in [9.17, 15) is 5.26 Å². The van der Waals surface area contributed by atoms with Crippen molar-refractivity contribution < 1.29 is 4.74 Å². The van der Waals surface area contributed by atoms with Gasteiger partial charge in [-0.25, -0.2) is 9.97 Å². The van der Waals surface area contributed by atoms with E-state index in [-0.39, 0.29) is 0 Å². The maximum atomic E-state index is 10.4. The van der Waals surface area contributed by atoms with Crippen LogP contribution >= 0.6 is 0 Å². The van der Waals surface area contributed by atoms with Crippen molar-refractivity contribution in [3.05, 3.63) is 216 Å². The highest BCUT2D eigenvalue weighted by molar-refractivity contribution is 6.03. The van der Waals surface area contributed by atoms with Crippen molar-refractivity contribution in [1.82, 2.24) is 9.97 Å². The highest BCUT2D eigenvalue weighted by Gasteiger charge is 2.52. The van der Waals surface area contributed by atoms with Crippen LogP contribution in [0.5, 0.6) is 11.5 Å². The van der Waals surface area contributed by atoms with E-state index in [2.05, 4.69) is 146 Å². The molecule has 9 aromatic rings. The zero-order valence-electron chi connectivity index (χ0n) is 30.1. The van der Waals surface area contributed by atoms with Gasteiger partial charge in [0.25, 0.3) is 0 Å². The molecule has 8 aromatic carbocycles. The molecule has 11 rings (SSSR count). The molecule has 0 atom stereocenters. The number of benzene rings is 8. The first-order valence-corrected chi connectivity index (χ1v) is 18.8. The van der Waals surface area contributed by atoms with E-state index in [1.807, 2.05) is 48.5 Å². The predicted octanol–water partition coefficient (Wildman–Crippen LogP) is 12.6. The fraction of sp³-hybridized carbons (Fsp3) is 0.0192. The van der Waals surface area contributed by atoms with E-state index in [4.69, 9.17) is 14.7 Å². The molecule has 1 aliphatic carbocycles. The maximum absolute atomic E-state index is 10.4. The fourth-order valence-corrected chi connectivity index (χ4v) is 9.04. The van der Waals surface area contributed by atoms with E-state index in [0.717, 1.165) is 89.5 Å². The summed E-state index contributed by atoms with van der Waals surface area (Å²) in [6.07, 6.45) is 0. The Balaban J connectivity index is 1.27. The van der Waals surface area contributed by atoms with Crippen LogP contribution in [-0.4, -0.2) is 9.97 Å². The van der Waals surface area contributed by atoms with Crippen molar-refractivity contribution in [3.63, 3.8) is 0 Å². The van der Waals surface area contributed by atoms with Crippen molar-refractivity contribution in [3.8, 4) is 73.7 Å². The van der Waals surface area contributed by atoms with E-state index in [1.54, 1.807) is 0 Å². The Morgan fingerprint density at radius 2 is 1.00 bits per heavy atom. The van der Waals surface area contributed by atoms with Crippen molar-refractivity contribution in [2.24, 2.45) is 0 Å². The summed E-state index contributed by atoms with van der Waals surface area (Å²) >= 11 is 0. The number of fused-ring (bicyclic) bond motifs is 10. The summed E-state index contributed by atoms with van der Waals surface area (Å²) in [5.41, 5.74) is 13.0. The minimum absolute atomic E-state index is 0.626. The number of para-hydroxylation sites is 2. The molecule has 0 N–H and O–H groups in total. The Bertz CT molecular complexity index is 3040. The van der Waals surface area contributed by atoms with Crippen LogP contribution in [0.15, 0.2) is 188 Å². The van der Waals surface area contributed by atoms with Gasteiger partial charge >= 0.3 is 0 Å². The highest BCUT2D eigenvalue weighted by Crippen LogP contribution is 2.64. The molecule has 2 aliphatic rings. The van der Waals surface area contributed by atoms with Gasteiger partial charge in [-0.15, -0.1) is 0 Å². The third-order valence-electron chi connectivity index (χ3n) is 11.4. The van der Waals surface area contributed by atoms with Gasteiger partial charge in [0.2, 0.25) is 0 Å².